The molecular formula is C16H21ClFN3. The van der Waals surface area contributed by atoms with Crippen LogP contribution < -0.4 is 5.32 Å². The van der Waals surface area contributed by atoms with Crippen molar-refractivity contribution in [2.24, 2.45) is 7.05 Å². The van der Waals surface area contributed by atoms with Crippen molar-refractivity contribution in [1.29, 1.82) is 0 Å². The first-order valence-corrected chi connectivity index (χ1v) is 7.56. The summed E-state index contributed by atoms with van der Waals surface area (Å²) >= 11 is 6.15. The summed E-state index contributed by atoms with van der Waals surface area (Å²) in [6, 6.07) is 4.70. The quantitative estimate of drug-likeness (QED) is 0.879. The van der Waals surface area contributed by atoms with Gasteiger partial charge >= 0.3 is 0 Å². The van der Waals surface area contributed by atoms with Crippen LogP contribution in [0, 0.1) is 12.7 Å². The fourth-order valence-corrected chi connectivity index (χ4v) is 2.62. The molecule has 2 rings (SSSR count). The molecule has 0 amide bonds. The van der Waals surface area contributed by atoms with Crippen LogP contribution in [0.15, 0.2) is 24.4 Å². The first kappa shape index (κ1) is 16.0. The molecule has 0 fully saturated rings. The number of nitrogens with one attached hydrogen (secondary N) is 1. The summed E-state index contributed by atoms with van der Waals surface area (Å²) in [5.74, 6) is -0.306. The van der Waals surface area contributed by atoms with Crippen LogP contribution in [-0.4, -0.2) is 16.3 Å². The third kappa shape index (κ3) is 3.83. The number of benzene rings is 1. The SMILES string of the molecule is CCCNC(Cc1ccc(F)cc1Cl)c1cnn(C)c1C. The van der Waals surface area contributed by atoms with E-state index >= 15 is 0 Å². The van der Waals surface area contributed by atoms with E-state index in [0.717, 1.165) is 29.8 Å². The topological polar surface area (TPSA) is 29.9 Å². The second kappa shape index (κ2) is 7.05. The Bertz CT molecular complexity index is 610. The molecule has 5 heteroatoms. The van der Waals surface area contributed by atoms with Crippen molar-refractivity contribution in [2.75, 3.05) is 6.54 Å². The highest BCUT2D eigenvalue weighted by atomic mass is 35.5. The molecular weight excluding hydrogens is 289 g/mol. The molecule has 0 aliphatic rings. The minimum Gasteiger partial charge on any atom is -0.310 e. The number of rotatable bonds is 6. The molecule has 21 heavy (non-hydrogen) atoms. The summed E-state index contributed by atoms with van der Waals surface area (Å²) in [6.45, 7) is 5.10. The normalized spacial score (nSPS) is 12.6. The minimum atomic E-state index is -0.306. The zero-order chi connectivity index (χ0) is 15.4. The van der Waals surface area contributed by atoms with E-state index in [-0.39, 0.29) is 11.9 Å². The van der Waals surface area contributed by atoms with Gasteiger partial charge in [-0.1, -0.05) is 24.6 Å². The molecule has 114 valence electrons. The van der Waals surface area contributed by atoms with Crippen LogP contribution in [0.1, 0.15) is 36.2 Å². The first-order chi connectivity index (χ1) is 10.0. The maximum atomic E-state index is 13.2. The highest BCUT2D eigenvalue weighted by Gasteiger charge is 2.18. The van der Waals surface area contributed by atoms with Crippen LogP contribution in [0.4, 0.5) is 4.39 Å². The maximum absolute atomic E-state index is 13.2. The summed E-state index contributed by atoms with van der Waals surface area (Å²) in [4.78, 5) is 0. The van der Waals surface area contributed by atoms with Crippen molar-refractivity contribution in [3.63, 3.8) is 0 Å². The van der Waals surface area contributed by atoms with E-state index in [4.69, 9.17) is 11.6 Å². The van der Waals surface area contributed by atoms with Crippen molar-refractivity contribution < 1.29 is 4.39 Å². The third-order valence-electron chi connectivity index (χ3n) is 3.73. The van der Waals surface area contributed by atoms with Crippen LogP contribution in [0.25, 0.3) is 0 Å². The third-order valence-corrected chi connectivity index (χ3v) is 4.08. The van der Waals surface area contributed by atoms with Crippen molar-refractivity contribution in [1.82, 2.24) is 15.1 Å². The molecule has 0 saturated carbocycles. The lowest BCUT2D eigenvalue weighted by atomic mass is 9.99. The van der Waals surface area contributed by atoms with Gasteiger partial charge in [-0.25, -0.2) is 4.39 Å². The molecule has 0 bridgehead atoms. The second-order valence-electron chi connectivity index (χ2n) is 5.26. The molecule has 2 aromatic rings. The average Bonchev–Trinajstić information content (AvgIpc) is 2.77. The zero-order valence-corrected chi connectivity index (χ0v) is 13.4. The molecule has 1 aromatic heterocycles. The van der Waals surface area contributed by atoms with Crippen LogP contribution in [0.3, 0.4) is 0 Å². The van der Waals surface area contributed by atoms with Gasteiger partial charge in [0.05, 0.1) is 6.20 Å². The van der Waals surface area contributed by atoms with Crippen molar-refractivity contribution >= 4 is 11.6 Å². The number of halogens is 2. The Morgan fingerprint density at radius 2 is 2.19 bits per heavy atom. The molecule has 1 aromatic carbocycles. The van der Waals surface area contributed by atoms with Gasteiger partial charge in [0.1, 0.15) is 5.82 Å². The van der Waals surface area contributed by atoms with Crippen molar-refractivity contribution in [3.8, 4) is 0 Å². The van der Waals surface area contributed by atoms with Gasteiger partial charge in [-0.05, 0) is 44.0 Å². The van der Waals surface area contributed by atoms with Crippen LogP contribution in [0.2, 0.25) is 5.02 Å². The molecule has 3 nitrogen and oxygen atoms in total. The van der Waals surface area contributed by atoms with Gasteiger partial charge in [0.2, 0.25) is 0 Å². The highest BCUT2D eigenvalue weighted by Crippen LogP contribution is 2.26. The van der Waals surface area contributed by atoms with Gasteiger partial charge in [0, 0.05) is 29.4 Å². The lowest BCUT2D eigenvalue weighted by Crippen LogP contribution is -2.24. The first-order valence-electron chi connectivity index (χ1n) is 7.18. The van der Waals surface area contributed by atoms with E-state index in [1.54, 1.807) is 6.07 Å². The summed E-state index contributed by atoms with van der Waals surface area (Å²) in [5.41, 5.74) is 3.23. The highest BCUT2D eigenvalue weighted by molar-refractivity contribution is 6.31. The van der Waals surface area contributed by atoms with Gasteiger partial charge in [0.15, 0.2) is 0 Å². The standard InChI is InChI=1S/C16H21ClFN3/c1-4-7-19-16(14-10-20-21(3)11(14)2)8-12-5-6-13(18)9-15(12)17/h5-6,9-10,16,19H,4,7-8H2,1-3H3. The molecule has 0 aliphatic heterocycles. The second-order valence-corrected chi connectivity index (χ2v) is 5.66. The van der Waals surface area contributed by atoms with Gasteiger partial charge in [-0.2, -0.15) is 5.10 Å². The monoisotopic (exact) mass is 309 g/mol. The van der Waals surface area contributed by atoms with Crippen molar-refractivity contribution in [2.45, 2.75) is 32.7 Å². The number of hydrogen-bond acceptors (Lipinski definition) is 2. The molecule has 0 aliphatic carbocycles. The molecule has 1 unspecified atom stereocenters. The smallest absolute Gasteiger partial charge is 0.124 e. The summed E-state index contributed by atoms with van der Waals surface area (Å²) in [5, 5.41) is 8.30. The Morgan fingerprint density at radius 1 is 1.43 bits per heavy atom. The van der Waals surface area contributed by atoms with Crippen molar-refractivity contribution in [3.05, 3.63) is 52.1 Å². The lowest BCUT2D eigenvalue weighted by Gasteiger charge is -2.19. The fourth-order valence-electron chi connectivity index (χ4n) is 2.38. The number of nitrogens with zero attached hydrogens (tertiary/aromatic N) is 2. The summed E-state index contributed by atoms with van der Waals surface area (Å²) < 4.78 is 15.0. The van der Waals surface area contributed by atoms with E-state index in [0.29, 0.717) is 11.4 Å². The Morgan fingerprint density at radius 3 is 2.76 bits per heavy atom. The van der Waals surface area contributed by atoms with Crippen LogP contribution >= 0.6 is 11.6 Å². The van der Waals surface area contributed by atoms with E-state index < -0.39 is 0 Å². The van der Waals surface area contributed by atoms with E-state index in [9.17, 15) is 4.39 Å². The van der Waals surface area contributed by atoms with Crippen LogP contribution in [-0.2, 0) is 13.5 Å². The molecule has 0 radical (unpaired) electrons. The molecule has 1 atom stereocenters. The predicted molar refractivity (Wildman–Crippen MR) is 84.1 cm³/mol. The Labute approximate surface area is 130 Å². The molecule has 0 saturated heterocycles. The molecule has 0 spiro atoms. The number of hydrogen-bond donors (Lipinski definition) is 1. The largest absolute Gasteiger partial charge is 0.310 e. The van der Waals surface area contributed by atoms with Gasteiger partial charge in [0.25, 0.3) is 0 Å². The van der Waals surface area contributed by atoms with E-state index in [1.165, 1.54) is 12.1 Å². The van der Waals surface area contributed by atoms with Gasteiger partial charge in [-0.3, -0.25) is 4.68 Å². The average molecular weight is 310 g/mol. The summed E-state index contributed by atoms with van der Waals surface area (Å²) in [7, 11) is 1.93. The molecule has 1 N–H and O–H groups in total. The van der Waals surface area contributed by atoms with E-state index in [2.05, 4.69) is 24.3 Å². The van der Waals surface area contributed by atoms with Gasteiger partial charge < -0.3 is 5.32 Å². The predicted octanol–water partition coefficient (Wildman–Crippen LogP) is 3.80. The lowest BCUT2D eigenvalue weighted by molar-refractivity contribution is 0.525. The van der Waals surface area contributed by atoms with Gasteiger partial charge in [-0.15, -0.1) is 0 Å². The minimum absolute atomic E-state index is 0.126. The Kier molecular flexibility index (Phi) is 5.37. The maximum Gasteiger partial charge on any atom is 0.124 e. The fraction of sp³-hybridized carbons (Fsp3) is 0.438. The zero-order valence-electron chi connectivity index (χ0n) is 12.7. The summed E-state index contributed by atoms with van der Waals surface area (Å²) in [6.07, 6.45) is 3.65. The Hall–Kier alpha value is -1.39. The van der Waals surface area contributed by atoms with Crippen LogP contribution in [0.5, 0.6) is 0 Å². The Balaban J connectivity index is 2.26. The molecule has 1 heterocycles. The number of aryl methyl sites for hydroxylation is 1. The number of aromatic nitrogens is 2. The van der Waals surface area contributed by atoms with E-state index in [1.807, 2.05) is 17.9 Å².